The molecule has 0 N–H and O–H groups in total. The van der Waals surface area contributed by atoms with Crippen LogP contribution < -0.4 is 4.74 Å². The van der Waals surface area contributed by atoms with E-state index < -0.39 is 0 Å². The van der Waals surface area contributed by atoms with Crippen molar-refractivity contribution in [1.29, 1.82) is 0 Å². The molecule has 30 heavy (non-hydrogen) atoms. The maximum atomic E-state index is 13.6. The van der Waals surface area contributed by atoms with E-state index in [9.17, 15) is 4.79 Å². The van der Waals surface area contributed by atoms with E-state index in [1.54, 1.807) is 7.11 Å². The molecule has 3 rings (SSSR count). The van der Waals surface area contributed by atoms with Crippen molar-refractivity contribution in [1.82, 2.24) is 4.90 Å². The highest BCUT2D eigenvalue weighted by Crippen LogP contribution is 2.40. The number of ketones is 1. The molecule has 0 amide bonds. The molecule has 0 saturated carbocycles. The zero-order valence-electron chi connectivity index (χ0n) is 19.8. The van der Waals surface area contributed by atoms with Crippen LogP contribution in [0.5, 0.6) is 5.75 Å². The smallest absolute Gasteiger partial charge is 0.183 e. The largest absolute Gasteiger partial charge is 0.497 e. The number of piperidine rings is 1. The van der Waals surface area contributed by atoms with Crippen molar-refractivity contribution in [3.05, 3.63) is 53.1 Å². The van der Waals surface area contributed by atoms with Crippen molar-refractivity contribution in [2.75, 3.05) is 20.2 Å². The maximum absolute atomic E-state index is 13.6. The average Bonchev–Trinajstić information content (AvgIpc) is 2.80. The van der Waals surface area contributed by atoms with Gasteiger partial charge in [-0.2, -0.15) is 0 Å². The third kappa shape index (κ3) is 5.63. The summed E-state index contributed by atoms with van der Waals surface area (Å²) in [6.07, 6.45) is 15.2. The number of methoxy groups -OCH3 is 1. The zero-order chi connectivity index (χ0) is 22.0. The topological polar surface area (TPSA) is 29.5 Å². The molecule has 1 atom stereocenters. The van der Waals surface area contributed by atoms with Gasteiger partial charge in [0.25, 0.3) is 0 Å². The SMILES string of the molecule is C/C=C\C=C(/C)CCCCN1CCCCC12CCc1cc(OC)ccc1C2=O.CC. The van der Waals surface area contributed by atoms with Gasteiger partial charge in [0.15, 0.2) is 5.78 Å². The quantitative estimate of drug-likeness (QED) is 0.366. The summed E-state index contributed by atoms with van der Waals surface area (Å²) >= 11 is 0. The van der Waals surface area contributed by atoms with Gasteiger partial charge >= 0.3 is 0 Å². The number of carbonyl (C=O) groups is 1. The van der Waals surface area contributed by atoms with Crippen molar-refractivity contribution < 1.29 is 9.53 Å². The number of rotatable bonds is 7. The Morgan fingerprint density at radius 3 is 2.73 bits per heavy atom. The number of likely N-dealkylation sites (tertiary alicyclic amines) is 1. The van der Waals surface area contributed by atoms with Crippen LogP contribution in [0.4, 0.5) is 0 Å². The van der Waals surface area contributed by atoms with Crippen molar-refractivity contribution in [3.8, 4) is 5.75 Å². The van der Waals surface area contributed by atoms with Gasteiger partial charge in [-0.1, -0.05) is 37.6 Å². The molecule has 0 bridgehead atoms. The number of Topliss-reactive ketones (excluding diaryl/α,β-unsaturated/α-hetero) is 1. The van der Waals surface area contributed by atoms with Gasteiger partial charge in [-0.05, 0) is 102 Å². The van der Waals surface area contributed by atoms with E-state index in [-0.39, 0.29) is 5.54 Å². The minimum absolute atomic E-state index is 0.268. The van der Waals surface area contributed by atoms with Crippen LogP contribution in [0.15, 0.2) is 42.0 Å². The minimum Gasteiger partial charge on any atom is -0.497 e. The highest BCUT2D eigenvalue weighted by molar-refractivity contribution is 6.05. The Bertz CT molecular complexity index is 749. The molecular formula is C27H41NO2. The molecule has 3 heteroatoms. The van der Waals surface area contributed by atoms with Crippen LogP contribution in [0.1, 0.15) is 88.6 Å². The number of allylic oxidation sites excluding steroid dienone is 4. The lowest BCUT2D eigenvalue weighted by Crippen LogP contribution is -2.59. The number of hydrogen-bond donors (Lipinski definition) is 0. The fourth-order valence-corrected chi connectivity index (χ4v) is 4.84. The number of aryl methyl sites for hydroxylation is 1. The first-order chi connectivity index (χ1) is 14.6. The number of nitrogens with zero attached hydrogens (tertiary/aromatic N) is 1. The summed E-state index contributed by atoms with van der Waals surface area (Å²) in [5.74, 6) is 1.20. The predicted molar refractivity (Wildman–Crippen MR) is 128 cm³/mol. The molecule has 2 aliphatic rings. The Kier molecular flexibility index (Phi) is 9.84. The van der Waals surface area contributed by atoms with E-state index >= 15 is 0 Å². The summed E-state index contributed by atoms with van der Waals surface area (Å²) in [5.41, 5.74) is 3.24. The third-order valence-corrected chi connectivity index (χ3v) is 6.48. The number of fused-ring (bicyclic) bond motifs is 1. The third-order valence-electron chi connectivity index (χ3n) is 6.48. The second kappa shape index (κ2) is 12.1. The van der Waals surface area contributed by atoms with E-state index in [2.05, 4.69) is 37.0 Å². The monoisotopic (exact) mass is 411 g/mol. The number of ether oxygens (including phenoxy) is 1. The van der Waals surface area contributed by atoms with Gasteiger partial charge in [-0.3, -0.25) is 9.69 Å². The Hall–Kier alpha value is -1.87. The maximum Gasteiger partial charge on any atom is 0.183 e. The summed E-state index contributed by atoms with van der Waals surface area (Å²) in [6.45, 7) is 10.4. The lowest BCUT2D eigenvalue weighted by molar-refractivity contribution is 0.0285. The fourth-order valence-electron chi connectivity index (χ4n) is 4.84. The van der Waals surface area contributed by atoms with Crippen LogP contribution in [0.25, 0.3) is 0 Å². The Labute approximate surface area is 184 Å². The van der Waals surface area contributed by atoms with E-state index in [1.165, 1.54) is 24.8 Å². The molecule has 1 aromatic carbocycles. The molecule has 0 aromatic heterocycles. The van der Waals surface area contributed by atoms with Gasteiger partial charge in [0.05, 0.1) is 12.6 Å². The lowest BCUT2D eigenvalue weighted by atomic mass is 9.71. The van der Waals surface area contributed by atoms with Crippen molar-refractivity contribution in [2.24, 2.45) is 0 Å². The standard InChI is InChI=1S/C25H35NO2.C2H6/c1-4-5-10-20(2)11-6-8-17-26-18-9-7-15-25(26)16-14-21-19-22(28-3)12-13-23(21)24(25)27;1-2/h4-5,10,12-13,19H,6-9,11,14-18H2,1-3H3;1-2H3/b5-4-,20-10+;. The van der Waals surface area contributed by atoms with E-state index in [4.69, 9.17) is 4.74 Å². The van der Waals surface area contributed by atoms with E-state index in [1.807, 2.05) is 32.0 Å². The van der Waals surface area contributed by atoms with Crippen LogP contribution in [0, 0.1) is 0 Å². The van der Waals surface area contributed by atoms with Crippen LogP contribution in [-0.2, 0) is 6.42 Å². The fraction of sp³-hybridized carbons (Fsp3) is 0.593. The first-order valence-electron chi connectivity index (χ1n) is 11.9. The summed E-state index contributed by atoms with van der Waals surface area (Å²) < 4.78 is 5.35. The molecule has 1 saturated heterocycles. The van der Waals surface area contributed by atoms with Gasteiger partial charge in [-0.25, -0.2) is 0 Å². The summed E-state index contributed by atoms with van der Waals surface area (Å²) in [4.78, 5) is 16.1. The summed E-state index contributed by atoms with van der Waals surface area (Å²) in [6, 6.07) is 5.97. The van der Waals surface area contributed by atoms with Gasteiger partial charge in [-0.15, -0.1) is 0 Å². The highest BCUT2D eigenvalue weighted by Gasteiger charge is 2.47. The van der Waals surface area contributed by atoms with Crippen molar-refractivity contribution in [3.63, 3.8) is 0 Å². The Balaban J connectivity index is 0.00000155. The molecule has 1 fully saturated rings. The first-order valence-corrected chi connectivity index (χ1v) is 11.9. The average molecular weight is 412 g/mol. The number of hydrogen-bond acceptors (Lipinski definition) is 3. The predicted octanol–water partition coefficient (Wildman–Crippen LogP) is 6.77. The molecule has 1 aliphatic carbocycles. The van der Waals surface area contributed by atoms with E-state index in [0.717, 1.165) is 62.1 Å². The second-order valence-corrected chi connectivity index (χ2v) is 8.32. The van der Waals surface area contributed by atoms with Gasteiger partial charge in [0.2, 0.25) is 0 Å². The van der Waals surface area contributed by atoms with Gasteiger partial charge < -0.3 is 4.74 Å². The first kappa shape index (κ1) is 24.4. The molecule has 1 heterocycles. The van der Waals surface area contributed by atoms with Crippen LogP contribution in [0.2, 0.25) is 0 Å². The van der Waals surface area contributed by atoms with Gasteiger partial charge in [0.1, 0.15) is 5.75 Å². The molecular weight excluding hydrogens is 370 g/mol. The lowest BCUT2D eigenvalue weighted by Gasteiger charge is -2.48. The molecule has 3 nitrogen and oxygen atoms in total. The number of carbonyl (C=O) groups excluding carboxylic acids is 1. The molecule has 1 aliphatic heterocycles. The summed E-state index contributed by atoms with van der Waals surface area (Å²) in [5, 5.41) is 0. The van der Waals surface area contributed by atoms with Crippen molar-refractivity contribution >= 4 is 5.78 Å². The number of benzene rings is 1. The highest BCUT2D eigenvalue weighted by atomic mass is 16.5. The molecule has 0 radical (unpaired) electrons. The Morgan fingerprint density at radius 1 is 1.20 bits per heavy atom. The normalized spacial score (nSPS) is 22.0. The Morgan fingerprint density at radius 2 is 2.00 bits per heavy atom. The molecule has 1 unspecified atom stereocenters. The van der Waals surface area contributed by atoms with Crippen LogP contribution in [-0.4, -0.2) is 36.4 Å². The van der Waals surface area contributed by atoms with E-state index in [0.29, 0.717) is 5.78 Å². The van der Waals surface area contributed by atoms with Gasteiger partial charge in [0, 0.05) is 5.56 Å². The number of unbranched alkanes of at least 4 members (excludes halogenated alkanes) is 1. The molecule has 1 aromatic rings. The zero-order valence-corrected chi connectivity index (χ0v) is 19.8. The second-order valence-electron chi connectivity index (χ2n) is 8.32. The van der Waals surface area contributed by atoms with Crippen LogP contribution in [0.3, 0.4) is 0 Å². The summed E-state index contributed by atoms with van der Waals surface area (Å²) in [7, 11) is 1.69. The minimum atomic E-state index is -0.268. The molecule has 1 spiro atoms. The van der Waals surface area contributed by atoms with Crippen molar-refractivity contribution in [2.45, 2.75) is 84.6 Å². The van der Waals surface area contributed by atoms with Crippen LogP contribution >= 0.6 is 0 Å². The molecule has 166 valence electrons.